The summed E-state index contributed by atoms with van der Waals surface area (Å²) < 4.78 is 11.2. The Hall–Kier alpha value is -0.820. The summed E-state index contributed by atoms with van der Waals surface area (Å²) in [5.74, 6) is 0.0779. The van der Waals surface area contributed by atoms with Gasteiger partial charge in [-0.3, -0.25) is 0 Å². The third kappa shape index (κ3) is 4.84. The number of carbonyl (C=O) groups is 1. The highest BCUT2D eigenvalue weighted by Gasteiger charge is 2.27. The van der Waals surface area contributed by atoms with Gasteiger partial charge in [0.2, 0.25) is 0 Å². The summed E-state index contributed by atoms with van der Waals surface area (Å²) in [6.07, 6.45) is 1.75. The Morgan fingerprint density at radius 3 is 2.68 bits per heavy atom. The van der Waals surface area contributed by atoms with Crippen LogP contribution in [0.3, 0.4) is 0 Å². The number of hydrogen-bond donors (Lipinski definition) is 1. The number of esters is 1. The maximum absolute atomic E-state index is 11.7. The van der Waals surface area contributed by atoms with Gasteiger partial charge in [-0.15, -0.1) is 11.3 Å². The number of ether oxygens (including phenoxy) is 2. The van der Waals surface area contributed by atoms with E-state index in [1.54, 1.807) is 6.07 Å². The lowest BCUT2D eigenvalue weighted by atomic mass is 10.0. The van der Waals surface area contributed by atoms with Crippen LogP contribution in [-0.4, -0.2) is 54.4 Å². The van der Waals surface area contributed by atoms with Gasteiger partial charge >= 0.3 is 5.97 Å². The fraction of sp³-hybridized carbons (Fsp3) is 0.667. The van der Waals surface area contributed by atoms with Crippen molar-refractivity contribution < 1.29 is 19.4 Å². The van der Waals surface area contributed by atoms with Gasteiger partial charge < -0.3 is 19.5 Å². The number of thiophene rings is 1. The van der Waals surface area contributed by atoms with Gasteiger partial charge in [0.15, 0.2) is 4.88 Å². The topological polar surface area (TPSA) is 59.0 Å². The molecule has 5 nitrogen and oxygen atoms in total. The summed E-state index contributed by atoms with van der Waals surface area (Å²) in [4.78, 5) is 14.3. The molecule has 124 valence electrons. The summed E-state index contributed by atoms with van der Waals surface area (Å²) in [5, 5.41) is 9.86. The number of rotatable bonds is 5. The molecule has 1 aromatic heterocycles. The summed E-state index contributed by atoms with van der Waals surface area (Å²) in [7, 11) is 1.34. The van der Waals surface area contributed by atoms with Crippen molar-refractivity contribution in [1.29, 1.82) is 0 Å². The maximum atomic E-state index is 11.7. The molecule has 0 aromatic carbocycles. The fourth-order valence-electron chi connectivity index (χ4n) is 2.58. The zero-order chi connectivity index (χ0) is 16.3. The number of hydrogen-bond acceptors (Lipinski definition) is 6. The van der Waals surface area contributed by atoms with Crippen molar-refractivity contribution in [3.63, 3.8) is 0 Å². The second-order valence-electron chi connectivity index (χ2n) is 6.14. The van der Waals surface area contributed by atoms with Crippen LogP contribution in [0.4, 0.5) is 0 Å². The Labute approximate surface area is 139 Å². The van der Waals surface area contributed by atoms with E-state index in [1.807, 2.05) is 13.8 Å². The molecule has 1 aliphatic rings. The van der Waals surface area contributed by atoms with E-state index < -0.39 is 11.6 Å². The first-order valence-corrected chi connectivity index (χ1v) is 8.47. The molecule has 0 spiro atoms. The van der Waals surface area contributed by atoms with Gasteiger partial charge in [-0.1, -0.05) is 11.6 Å². The van der Waals surface area contributed by atoms with Crippen molar-refractivity contribution in [3.05, 3.63) is 15.3 Å². The number of likely N-dealkylation sites (tertiary alicyclic amines) is 1. The van der Waals surface area contributed by atoms with Crippen molar-refractivity contribution in [1.82, 2.24) is 4.90 Å². The zero-order valence-electron chi connectivity index (χ0n) is 13.1. The number of halogens is 1. The first-order valence-electron chi connectivity index (χ1n) is 7.27. The van der Waals surface area contributed by atoms with Crippen molar-refractivity contribution in [2.45, 2.75) is 38.4 Å². The normalized spacial score (nSPS) is 17.5. The minimum atomic E-state index is -0.688. The second kappa shape index (κ2) is 7.17. The molecule has 0 bridgehead atoms. The Balaban J connectivity index is 1.93. The molecular weight excluding hydrogens is 326 g/mol. The Bertz CT molecular complexity index is 518. The number of nitrogens with zero attached hydrogens (tertiary/aromatic N) is 1. The van der Waals surface area contributed by atoms with Gasteiger partial charge in [0.25, 0.3) is 0 Å². The standard InChI is InChI=1S/C15H22ClNO4S/c1-15(2,19)9-17-6-4-10(5-7-17)21-11-8-12(16)22-13(11)14(18)20-3/h8,10,19H,4-7,9H2,1-3H3. The number of aliphatic hydroxyl groups is 1. The van der Waals surface area contributed by atoms with Gasteiger partial charge in [-0.25, -0.2) is 4.79 Å². The van der Waals surface area contributed by atoms with Crippen LogP contribution >= 0.6 is 22.9 Å². The van der Waals surface area contributed by atoms with E-state index in [0.29, 0.717) is 21.5 Å². The van der Waals surface area contributed by atoms with Gasteiger partial charge in [-0.05, 0) is 26.7 Å². The van der Waals surface area contributed by atoms with Gasteiger partial charge in [0.05, 0.1) is 17.0 Å². The average Bonchev–Trinajstić information content (AvgIpc) is 2.79. The van der Waals surface area contributed by atoms with Crippen molar-refractivity contribution in [2.24, 2.45) is 0 Å². The maximum Gasteiger partial charge on any atom is 0.351 e. The molecule has 0 aliphatic carbocycles. The fourth-order valence-corrected chi connectivity index (χ4v) is 3.65. The SMILES string of the molecule is COC(=O)c1sc(Cl)cc1OC1CCN(CC(C)(C)O)CC1. The van der Waals surface area contributed by atoms with E-state index in [1.165, 1.54) is 18.4 Å². The van der Waals surface area contributed by atoms with Crippen molar-refractivity contribution in [2.75, 3.05) is 26.7 Å². The molecule has 0 unspecified atom stereocenters. The van der Waals surface area contributed by atoms with Crippen LogP contribution in [0, 0.1) is 0 Å². The van der Waals surface area contributed by atoms with E-state index in [2.05, 4.69) is 4.90 Å². The van der Waals surface area contributed by atoms with Crippen LogP contribution < -0.4 is 4.74 Å². The third-order valence-electron chi connectivity index (χ3n) is 3.48. The molecule has 22 heavy (non-hydrogen) atoms. The molecule has 1 aliphatic heterocycles. The molecule has 2 rings (SSSR count). The predicted octanol–water partition coefficient (Wildman–Crippen LogP) is 2.80. The van der Waals surface area contributed by atoms with Gasteiger partial charge in [0, 0.05) is 25.7 Å². The lowest BCUT2D eigenvalue weighted by Crippen LogP contribution is -2.45. The number of piperidine rings is 1. The van der Waals surface area contributed by atoms with E-state index in [-0.39, 0.29) is 6.10 Å². The van der Waals surface area contributed by atoms with Gasteiger partial charge in [-0.2, -0.15) is 0 Å². The van der Waals surface area contributed by atoms with Crippen LogP contribution in [0.1, 0.15) is 36.4 Å². The molecule has 7 heteroatoms. The van der Waals surface area contributed by atoms with Crippen LogP contribution in [-0.2, 0) is 4.74 Å². The Morgan fingerprint density at radius 2 is 2.14 bits per heavy atom. The smallest absolute Gasteiger partial charge is 0.351 e. The molecular formula is C15H22ClNO4S. The quantitative estimate of drug-likeness (QED) is 0.830. The lowest BCUT2D eigenvalue weighted by molar-refractivity contribution is 0.0138. The highest BCUT2D eigenvalue weighted by Crippen LogP contribution is 2.35. The molecule has 1 fully saturated rings. The number of methoxy groups -OCH3 is 1. The predicted molar refractivity (Wildman–Crippen MR) is 87.1 cm³/mol. The summed E-state index contributed by atoms with van der Waals surface area (Å²) in [6.45, 7) is 5.99. The van der Waals surface area contributed by atoms with Gasteiger partial charge in [0.1, 0.15) is 11.9 Å². The largest absolute Gasteiger partial charge is 0.488 e. The van der Waals surface area contributed by atoms with E-state index >= 15 is 0 Å². The molecule has 0 saturated carbocycles. The molecule has 1 aromatic rings. The first-order chi connectivity index (χ1) is 10.3. The minimum absolute atomic E-state index is 0.0483. The molecule has 0 amide bonds. The highest BCUT2D eigenvalue weighted by molar-refractivity contribution is 7.18. The molecule has 2 heterocycles. The van der Waals surface area contributed by atoms with E-state index in [0.717, 1.165) is 25.9 Å². The number of β-amino-alcohol motifs (C(OH)–C–C–N with tert-alkyl or cyclic N) is 1. The molecule has 0 radical (unpaired) electrons. The van der Waals surface area contributed by atoms with Crippen LogP contribution in [0.2, 0.25) is 4.34 Å². The van der Waals surface area contributed by atoms with Crippen LogP contribution in [0.5, 0.6) is 5.75 Å². The van der Waals surface area contributed by atoms with E-state index in [9.17, 15) is 9.90 Å². The molecule has 1 N–H and O–H groups in total. The summed E-state index contributed by atoms with van der Waals surface area (Å²) in [6, 6.07) is 1.67. The molecule has 1 saturated heterocycles. The lowest BCUT2D eigenvalue weighted by Gasteiger charge is -2.35. The first kappa shape index (κ1) is 17.5. The van der Waals surface area contributed by atoms with Crippen molar-refractivity contribution in [3.8, 4) is 5.75 Å². The second-order valence-corrected chi connectivity index (χ2v) is 7.82. The minimum Gasteiger partial charge on any atom is -0.488 e. The summed E-state index contributed by atoms with van der Waals surface area (Å²) in [5.41, 5.74) is -0.688. The van der Waals surface area contributed by atoms with Crippen molar-refractivity contribution >= 4 is 28.9 Å². The van der Waals surface area contributed by atoms with Crippen LogP contribution in [0.25, 0.3) is 0 Å². The van der Waals surface area contributed by atoms with Crippen LogP contribution in [0.15, 0.2) is 6.07 Å². The molecule has 0 atom stereocenters. The Kier molecular flexibility index (Phi) is 5.71. The average molecular weight is 348 g/mol. The third-order valence-corrected chi connectivity index (χ3v) is 4.70. The zero-order valence-corrected chi connectivity index (χ0v) is 14.7. The number of carbonyl (C=O) groups excluding carboxylic acids is 1. The van der Waals surface area contributed by atoms with E-state index in [4.69, 9.17) is 21.1 Å². The summed E-state index contributed by atoms with van der Waals surface area (Å²) >= 11 is 7.14. The monoisotopic (exact) mass is 347 g/mol. The Morgan fingerprint density at radius 1 is 1.50 bits per heavy atom. The highest BCUT2D eigenvalue weighted by atomic mass is 35.5.